The summed E-state index contributed by atoms with van der Waals surface area (Å²) in [4.78, 5) is 0. The van der Waals surface area contributed by atoms with Crippen molar-refractivity contribution < 1.29 is 31.4 Å². The maximum Gasteiger partial charge on any atom is 0.417 e. The van der Waals surface area contributed by atoms with Crippen LogP contribution in [0.5, 0.6) is 0 Å². The molecule has 0 aliphatic heterocycles. The van der Waals surface area contributed by atoms with E-state index in [-0.39, 0.29) is 10.0 Å². The lowest BCUT2D eigenvalue weighted by Gasteiger charge is -2.26. The molecule has 2 aromatic carbocycles. The van der Waals surface area contributed by atoms with Gasteiger partial charge in [-0.2, -0.15) is 26.3 Å². The van der Waals surface area contributed by atoms with Crippen molar-refractivity contribution in [2.75, 3.05) is 0 Å². The summed E-state index contributed by atoms with van der Waals surface area (Å²) in [5, 5.41) is 10.2. The average Bonchev–Trinajstić information content (AvgIpc) is 3.02. The molecule has 1 aliphatic rings. The first-order valence-electron chi connectivity index (χ1n) is 8.16. The molecule has 0 amide bonds. The van der Waals surface area contributed by atoms with Gasteiger partial charge in [-0.1, -0.05) is 59.1 Å². The Morgan fingerprint density at radius 2 is 1.19 bits per heavy atom. The number of aliphatic hydroxyl groups is 1. The third-order valence-corrected chi connectivity index (χ3v) is 5.04. The Hall–Kier alpha value is -1.54. The number of benzene rings is 2. The molecule has 1 saturated carbocycles. The quantitative estimate of drug-likeness (QED) is 0.463. The highest BCUT2D eigenvalue weighted by Gasteiger charge is 2.41. The number of halogens is 7. The van der Waals surface area contributed by atoms with Crippen LogP contribution in [0.2, 0.25) is 0 Å². The van der Waals surface area contributed by atoms with Crippen molar-refractivity contribution in [3.63, 3.8) is 0 Å². The molecule has 27 heavy (non-hydrogen) atoms. The topological polar surface area (TPSA) is 20.2 Å². The lowest BCUT2D eigenvalue weighted by Crippen LogP contribution is -2.25. The average molecular weight is 455 g/mol. The Balaban J connectivity index is 0.000000208. The van der Waals surface area contributed by atoms with Gasteiger partial charge in [0.05, 0.1) is 16.7 Å². The van der Waals surface area contributed by atoms with E-state index < -0.39 is 29.1 Å². The standard InChI is InChI=1S/C12H13F3O.C7H4BrF3/c13-12(14,15)10-6-2-1-5-9(10)11(16)7-3-4-8-11;8-6-4-2-1-3-5(6)7(9,10)11/h1-2,5-6,16H,3-4,7-8H2;1-4H. The Morgan fingerprint density at radius 3 is 1.63 bits per heavy atom. The van der Waals surface area contributed by atoms with E-state index >= 15 is 0 Å². The van der Waals surface area contributed by atoms with Gasteiger partial charge >= 0.3 is 12.4 Å². The lowest BCUT2D eigenvalue weighted by atomic mass is 9.88. The summed E-state index contributed by atoms with van der Waals surface area (Å²) in [6.07, 6.45) is -6.26. The van der Waals surface area contributed by atoms with Gasteiger partial charge < -0.3 is 5.11 Å². The second kappa shape index (κ2) is 8.22. The van der Waals surface area contributed by atoms with E-state index in [0.717, 1.165) is 25.0 Å². The lowest BCUT2D eigenvalue weighted by molar-refractivity contribution is -0.140. The van der Waals surface area contributed by atoms with Gasteiger partial charge in [-0.3, -0.25) is 0 Å². The summed E-state index contributed by atoms with van der Waals surface area (Å²) < 4.78 is 74.4. The molecule has 0 radical (unpaired) electrons. The number of hydrogen-bond acceptors (Lipinski definition) is 1. The molecule has 3 rings (SSSR count). The molecule has 0 bridgehead atoms. The van der Waals surface area contributed by atoms with Crippen LogP contribution >= 0.6 is 15.9 Å². The molecule has 0 aromatic heterocycles. The van der Waals surface area contributed by atoms with Gasteiger partial charge in [0.25, 0.3) is 0 Å². The van der Waals surface area contributed by atoms with Crippen molar-refractivity contribution in [2.24, 2.45) is 0 Å². The fourth-order valence-electron chi connectivity index (χ4n) is 3.06. The number of rotatable bonds is 1. The van der Waals surface area contributed by atoms with E-state index in [1.807, 2.05) is 0 Å². The van der Waals surface area contributed by atoms with Gasteiger partial charge in [-0.05, 0) is 36.6 Å². The first kappa shape index (κ1) is 21.8. The van der Waals surface area contributed by atoms with Crippen LogP contribution in [0.25, 0.3) is 0 Å². The highest BCUT2D eigenvalue weighted by atomic mass is 79.9. The maximum absolute atomic E-state index is 12.8. The number of alkyl halides is 6. The van der Waals surface area contributed by atoms with Crippen LogP contribution in [-0.2, 0) is 18.0 Å². The van der Waals surface area contributed by atoms with Crippen molar-refractivity contribution in [1.29, 1.82) is 0 Å². The zero-order chi connectivity index (χ0) is 20.3. The summed E-state index contributed by atoms with van der Waals surface area (Å²) >= 11 is 2.81. The molecule has 2 aromatic rings. The van der Waals surface area contributed by atoms with Crippen LogP contribution in [0.1, 0.15) is 42.4 Å². The van der Waals surface area contributed by atoms with E-state index in [0.29, 0.717) is 12.8 Å². The van der Waals surface area contributed by atoms with Crippen molar-refractivity contribution in [3.05, 3.63) is 69.7 Å². The molecular formula is C19H17BrF6O. The molecule has 0 unspecified atom stereocenters. The predicted molar refractivity (Wildman–Crippen MR) is 93.0 cm³/mol. The monoisotopic (exact) mass is 454 g/mol. The van der Waals surface area contributed by atoms with E-state index in [9.17, 15) is 31.4 Å². The normalized spacial score (nSPS) is 16.6. The molecule has 0 saturated heterocycles. The van der Waals surface area contributed by atoms with Crippen molar-refractivity contribution >= 4 is 15.9 Å². The fourth-order valence-corrected chi connectivity index (χ4v) is 3.57. The van der Waals surface area contributed by atoms with E-state index in [4.69, 9.17) is 0 Å². The van der Waals surface area contributed by atoms with Crippen molar-refractivity contribution in [1.82, 2.24) is 0 Å². The summed E-state index contributed by atoms with van der Waals surface area (Å²) in [5.41, 5.74) is -2.61. The van der Waals surface area contributed by atoms with Crippen LogP contribution in [-0.4, -0.2) is 5.11 Å². The highest BCUT2D eigenvalue weighted by molar-refractivity contribution is 9.10. The van der Waals surface area contributed by atoms with Gasteiger partial charge in [-0.25, -0.2) is 0 Å². The SMILES string of the molecule is FC(F)(F)c1ccccc1Br.OC1(c2ccccc2C(F)(F)F)CCCC1. The first-order valence-corrected chi connectivity index (χ1v) is 8.95. The third kappa shape index (κ3) is 5.48. The maximum atomic E-state index is 12.8. The minimum atomic E-state index is -4.39. The Bertz CT molecular complexity index is 763. The van der Waals surface area contributed by atoms with Crippen LogP contribution in [0.15, 0.2) is 53.0 Å². The summed E-state index contributed by atoms with van der Waals surface area (Å²) in [5.74, 6) is 0. The zero-order valence-electron chi connectivity index (χ0n) is 14.0. The van der Waals surface area contributed by atoms with Crippen molar-refractivity contribution in [3.8, 4) is 0 Å². The molecule has 1 aliphatic carbocycles. The summed E-state index contributed by atoms with van der Waals surface area (Å²) in [6.45, 7) is 0. The minimum Gasteiger partial charge on any atom is -0.385 e. The largest absolute Gasteiger partial charge is 0.417 e. The predicted octanol–water partition coefficient (Wildman–Crippen LogP) is 6.93. The second-order valence-electron chi connectivity index (χ2n) is 6.26. The fraction of sp³-hybridized carbons (Fsp3) is 0.368. The van der Waals surface area contributed by atoms with Gasteiger partial charge in [-0.15, -0.1) is 0 Å². The third-order valence-electron chi connectivity index (χ3n) is 4.34. The minimum absolute atomic E-state index is 0.0278. The molecule has 1 fully saturated rings. The molecule has 8 heteroatoms. The Labute approximate surface area is 161 Å². The van der Waals surface area contributed by atoms with Gasteiger partial charge in [0.15, 0.2) is 0 Å². The van der Waals surface area contributed by atoms with E-state index in [1.54, 1.807) is 12.1 Å². The summed E-state index contributed by atoms with van der Waals surface area (Å²) in [6, 6.07) is 10.6. The van der Waals surface area contributed by atoms with Gasteiger partial charge in [0, 0.05) is 4.47 Å². The van der Waals surface area contributed by atoms with E-state index in [2.05, 4.69) is 15.9 Å². The molecule has 0 atom stereocenters. The molecule has 0 spiro atoms. The Morgan fingerprint density at radius 1 is 0.741 bits per heavy atom. The van der Waals surface area contributed by atoms with Crippen LogP contribution < -0.4 is 0 Å². The zero-order valence-corrected chi connectivity index (χ0v) is 15.6. The van der Waals surface area contributed by atoms with Crippen molar-refractivity contribution in [2.45, 2.75) is 43.6 Å². The summed E-state index contributed by atoms with van der Waals surface area (Å²) in [7, 11) is 0. The van der Waals surface area contributed by atoms with Gasteiger partial charge in [0.2, 0.25) is 0 Å². The highest BCUT2D eigenvalue weighted by Crippen LogP contribution is 2.44. The molecular weight excluding hydrogens is 438 g/mol. The Kier molecular flexibility index (Phi) is 6.63. The smallest absolute Gasteiger partial charge is 0.385 e. The molecule has 0 heterocycles. The van der Waals surface area contributed by atoms with Crippen LogP contribution in [0.4, 0.5) is 26.3 Å². The molecule has 148 valence electrons. The van der Waals surface area contributed by atoms with Gasteiger partial charge in [0.1, 0.15) is 0 Å². The van der Waals surface area contributed by atoms with E-state index in [1.165, 1.54) is 24.3 Å². The number of hydrogen-bond donors (Lipinski definition) is 1. The second-order valence-corrected chi connectivity index (χ2v) is 7.11. The first-order chi connectivity index (χ1) is 12.5. The molecule has 1 nitrogen and oxygen atoms in total. The van der Waals surface area contributed by atoms with Crippen LogP contribution in [0.3, 0.4) is 0 Å². The molecule has 1 N–H and O–H groups in total. The van der Waals surface area contributed by atoms with Crippen LogP contribution in [0, 0.1) is 0 Å².